The first-order valence-electron chi connectivity index (χ1n) is 11.6. The number of primary amides is 1. The molecule has 2 aromatic carbocycles. The predicted molar refractivity (Wildman–Crippen MR) is 140 cm³/mol. The fourth-order valence-corrected chi connectivity index (χ4v) is 4.65. The molecule has 0 atom stereocenters. The van der Waals surface area contributed by atoms with Crippen LogP contribution in [0.5, 0.6) is 11.5 Å². The number of hydrogen-bond acceptors (Lipinski definition) is 6. The van der Waals surface area contributed by atoms with Gasteiger partial charge in [0.2, 0.25) is 5.91 Å². The molecule has 4 rings (SSSR count). The van der Waals surface area contributed by atoms with Crippen LogP contribution in [0.3, 0.4) is 0 Å². The lowest BCUT2D eigenvalue weighted by Crippen LogP contribution is -2.28. The maximum Gasteiger partial charge on any atom is 0.284 e. The van der Waals surface area contributed by atoms with Gasteiger partial charge < -0.3 is 20.4 Å². The van der Waals surface area contributed by atoms with Crippen LogP contribution in [-0.4, -0.2) is 34.6 Å². The highest BCUT2D eigenvalue weighted by atomic mass is 32.2. The van der Waals surface area contributed by atoms with Crippen LogP contribution in [0.1, 0.15) is 21.7 Å². The molecule has 2 amide bonds. The monoisotopic (exact) mass is 552 g/mol. The summed E-state index contributed by atoms with van der Waals surface area (Å²) in [6.07, 6.45) is 1.34. The Morgan fingerprint density at radius 1 is 1.05 bits per heavy atom. The molecule has 0 spiro atoms. The molecule has 4 aromatic rings. The zero-order chi connectivity index (χ0) is 28.3. The Balaban J connectivity index is 1.63. The van der Waals surface area contributed by atoms with Gasteiger partial charge in [0.15, 0.2) is 0 Å². The second-order valence-corrected chi connectivity index (χ2v) is 10.3. The number of carbonyl (C=O) groups is 2. The van der Waals surface area contributed by atoms with E-state index in [0.29, 0.717) is 5.69 Å². The molecular formula is C26H25FN6O5S. The predicted octanol–water partition coefficient (Wildman–Crippen LogP) is 2.80. The molecule has 3 N–H and O–H groups in total. The van der Waals surface area contributed by atoms with Crippen LogP contribution in [0.25, 0.3) is 0 Å². The summed E-state index contributed by atoms with van der Waals surface area (Å²) in [7, 11) is -2.49. The third-order valence-corrected chi connectivity index (χ3v) is 6.78. The Kier molecular flexibility index (Phi) is 7.63. The Morgan fingerprint density at radius 3 is 2.38 bits per heavy atom. The molecule has 202 valence electrons. The highest BCUT2D eigenvalue weighted by molar-refractivity contribution is 7.90. The highest BCUT2D eigenvalue weighted by Crippen LogP contribution is 2.26. The number of aryl methyl sites for hydroxylation is 3. The maximum absolute atomic E-state index is 14.5. The second kappa shape index (κ2) is 10.9. The molecular weight excluding hydrogens is 527 g/mol. The van der Waals surface area contributed by atoms with Crippen molar-refractivity contribution in [1.82, 2.24) is 14.3 Å². The normalized spacial score (nSPS) is 11.8. The number of benzene rings is 2. The van der Waals surface area contributed by atoms with E-state index < -0.39 is 27.7 Å². The molecule has 0 unspecified atom stereocenters. The van der Waals surface area contributed by atoms with E-state index in [2.05, 4.69) is 14.8 Å². The minimum absolute atomic E-state index is 0.0128. The van der Waals surface area contributed by atoms with E-state index in [1.165, 1.54) is 51.8 Å². The van der Waals surface area contributed by atoms with Crippen molar-refractivity contribution in [2.45, 2.75) is 25.3 Å². The second-order valence-electron chi connectivity index (χ2n) is 8.69. The summed E-state index contributed by atoms with van der Waals surface area (Å²) in [5.74, 6) is -1.65. The third kappa shape index (κ3) is 6.57. The van der Waals surface area contributed by atoms with E-state index in [4.69, 9.17) is 10.5 Å². The molecule has 13 heteroatoms. The van der Waals surface area contributed by atoms with Gasteiger partial charge in [-0.3, -0.25) is 14.3 Å². The van der Waals surface area contributed by atoms with Gasteiger partial charge in [-0.25, -0.2) is 4.39 Å². The van der Waals surface area contributed by atoms with Crippen LogP contribution in [0.15, 0.2) is 76.2 Å². The molecule has 0 fully saturated rings. The minimum Gasteiger partial charge on any atom is -0.456 e. The quantitative estimate of drug-likeness (QED) is 0.343. The van der Waals surface area contributed by atoms with Crippen molar-refractivity contribution in [2.75, 3.05) is 5.32 Å². The minimum atomic E-state index is -4.08. The Hall–Kier alpha value is -4.78. The largest absolute Gasteiger partial charge is 0.456 e. The molecule has 39 heavy (non-hydrogen) atoms. The summed E-state index contributed by atoms with van der Waals surface area (Å²) in [5, 5.41) is 6.60. The van der Waals surface area contributed by atoms with Gasteiger partial charge in [-0.15, -0.1) is 4.40 Å². The fraction of sp³-hybridized carbons (Fsp3) is 0.154. The molecule has 11 nitrogen and oxygen atoms in total. The van der Waals surface area contributed by atoms with Gasteiger partial charge in [-0.05, 0) is 56.3 Å². The van der Waals surface area contributed by atoms with E-state index in [-0.39, 0.29) is 39.8 Å². The van der Waals surface area contributed by atoms with Crippen LogP contribution in [-0.2, 0) is 28.4 Å². The number of rotatable bonds is 8. The number of carbonyl (C=O) groups excluding carboxylic acids is 2. The molecule has 2 aromatic heterocycles. The maximum atomic E-state index is 14.5. The smallest absolute Gasteiger partial charge is 0.284 e. The van der Waals surface area contributed by atoms with Crippen molar-refractivity contribution in [3.05, 3.63) is 95.1 Å². The standard InChI is InChI=1S/C26H25FN6O5S/c1-16-4-8-20(9-5-16)39(36,37)31-25-11-7-19(14-33(25)15-24(28)34)38-18-6-10-21(27)22(13-18)29-26(35)23-12-17(2)30-32(23)3/h4-14H,15H2,1-3H3,(H2,28,34)(H,29,35)/b31-25-. The topological polar surface area (TPSA) is 151 Å². The van der Waals surface area contributed by atoms with Crippen LogP contribution in [0.4, 0.5) is 10.1 Å². The number of hydrogen-bond donors (Lipinski definition) is 2. The van der Waals surface area contributed by atoms with Crippen molar-refractivity contribution < 1.29 is 27.1 Å². The van der Waals surface area contributed by atoms with Crippen LogP contribution in [0, 0.1) is 19.7 Å². The number of pyridine rings is 1. The lowest BCUT2D eigenvalue weighted by atomic mass is 10.2. The number of sulfonamides is 1. The van der Waals surface area contributed by atoms with Gasteiger partial charge >= 0.3 is 0 Å². The molecule has 0 aliphatic heterocycles. The number of ether oxygens (including phenoxy) is 1. The molecule has 0 saturated carbocycles. The summed E-state index contributed by atoms with van der Waals surface area (Å²) in [5.41, 5.74) is 6.92. The summed E-state index contributed by atoms with van der Waals surface area (Å²) in [6.45, 7) is 3.17. The third-order valence-electron chi connectivity index (χ3n) is 5.49. The average molecular weight is 553 g/mol. The Bertz CT molecular complexity index is 1740. The van der Waals surface area contributed by atoms with E-state index in [9.17, 15) is 22.4 Å². The molecule has 0 aliphatic carbocycles. The fourth-order valence-electron chi connectivity index (χ4n) is 3.65. The van der Waals surface area contributed by atoms with E-state index in [1.54, 1.807) is 32.2 Å². The van der Waals surface area contributed by atoms with Crippen LogP contribution in [0.2, 0.25) is 0 Å². The molecule has 2 heterocycles. The number of amides is 2. The zero-order valence-electron chi connectivity index (χ0n) is 21.3. The Labute approximate surface area is 223 Å². The van der Waals surface area contributed by atoms with Crippen molar-refractivity contribution in [3.8, 4) is 11.5 Å². The van der Waals surface area contributed by atoms with Crippen molar-refractivity contribution >= 4 is 27.5 Å². The zero-order valence-corrected chi connectivity index (χ0v) is 22.1. The van der Waals surface area contributed by atoms with Gasteiger partial charge in [-0.1, -0.05) is 17.7 Å². The molecule has 0 saturated heterocycles. The molecule has 0 bridgehead atoms. The molecule has 0 aliphatic rings. The first kappa shape index (κ1) is 27.3. The first-order chi connectivity index (χ1) is 18.4. The van der Waals surface area contributed by atoms with Crippen molar-refractivity contribution in [1.29, 1.82) is 0 Å². The van der Waals surface area contributed by atoms with Crippen molar-refractivity contribution in [2.24, 2.45) is 17.2 Å². The summed E-state index contributed by atoms with van der Waals surface area (Å²) >= 11 is 0. The van der Waals surface area contributed by atoms with Gasteiger partial charge in [0.1, 0.15) is 35.0 Å². The van der Waals surface area contributed by atoms with Crippen LogP contribution >= 0.6 is 0 Å². The SMILES string of the molecule is Cc1ccc(S(=O)(=O)/N=c2/ccc(Oc3ccc(F)c(NC(=O)c4cc(C)nn4C)c3)cn2CC(N)=O)cc1. The average Bonchev–Trinajstić information content (AvgIpc) is 3.20. The number of halogens is 1. The van der Waals surface area contributed by atoms with Crippen molar-refractivity contribution in [3.63, 3.8) is 0 Å². The van der Waals surface area contributed by atoms with E-state index >= 15 is 0 Å². The van der Waals surface area contributed by atoms with E-state index in [1.807, 2.05) is 6.92 Å². The number of nitrogens with one attached hydrogen (secondary N) is 1. The lowest BCUT2D eigenvalue weighted by molar-refractivity contribution is -0.118. The number of aromatic nitrogens is 3. The summed E-state index contributed by atoms with van der Waals surface area (Å²) < 4.78 is 52.3. The van der Waals surface area contributed by atoms with Gasteiger partial charge in [0, 0.05) is 19.3 Å². The number of nitrogens with two attached hydrogens (primary N) is 1. The first-order valence-corrected chi connectivity index (χ1v) is 13.0. The summed E-state index contributed by atoms with van der Waals surface area (Å²) in [4.78, 5) is 24.3. The Morgan fingerprint density at radius 2 is 1.74 bits per heavy atom. The summed E-state index contributed by atoms with van der Waals surface area (Å²) in [6, 6.07) is 14.3. The van der Waals surface area contributed by atoms with Gasteiger partial charge in [-0.2, -0.15) is 13.5 Å². The molecule has 0 radical (unpaired) electrons. The highest BCUT2D eigenvalue weighted by Gasteiger charge is 2.16. The van der Waals surface area contributed by atoms with Crippen LogP contribution < -0.4 is 21.3 Å². The van der Waals surface area contributed by atoms with Gasteiger partial charge in [0.25, 0.3) is 15.9 Å². The van der Waals surface area contributed by atoms with Gasteiger partial charge in [0.05, 0.1) is 16.3 Å². The number of nitrogens with zero attached hydrogens (tertiary/aromatic N) is 4. The number of anilines is 1. The van der Waals surface area contributed by atoms with E-state index in [0.717, 1.165) is 11.6 Å². The lowest BCUT2D eigenvalue weighted by Gasteiger charge is -2.12.